The maximum Gasteiger partial charge on any atom is 0.265 e. The van der Waals surface area contributed by atoms with Crippen LogP contribution in [0.15, 0.2) is 24.3 Å². The Hall–Kier alpha value is -1.39. The molecule has 0 spiro atoms. The van der Waals surface area contributed by atoms with Crippen molar-refractivity contribution in [2.45, 2.75) is 6.23 Å². The highest BCUT2D eigenvalue weighted by Crippen LogP contribution is 2.17. The summed E-state index contributed by atoms with van der Waals surface area (Å²) in [4.78, 5) is 11.1. The van der Waals surface area contributed by atoms with Gasteiger partial charge < -0.3 is 5.11 Å². The third kappa shape index (κ3) is 0.975. The lowest BCUT2D eigenvalue weighted by atomic mass is 10.0. The second-order valence-electron chi connectivity index (χ2n) is 2.59. The topological polar surface area (TPSA) is 61.4 Å². The van der Waals surface area contributed by atoms with Gasteiger partial charge in [-0.3, -0.25) is 10.2 Å². The van der Waals surface area contributed by atoms with Crippen LogP contribution in [0.3, 0.4) is 0 Å². The Balaban J connectivity index is 2.55. The molecule has 4 heteroatoms. The fourth-order valence-corrected chi connectivity index (χ4v) is 1.22. The van der Waals surface area contributed by atoms with E-state index in [0.29, 0.717) is 11.1 Å². The maximum absolute atomic E-state index is 11.1. The molecule has 0 aliphatic carbocycles. The van der Waals surface area contributed by atoms with Crippen molar-refractivity contribution in [3.63, 3.8) is 0 Å². The lowest BCUT2D eigenvalue weighted by Gasteiger charge is -2.22. The lowest BCUT2D eigenvalue weighted by molar-refractivity contribution is 0.0730. The maximum atomic E-state index is 11.1. The Morgan fingerprint density at radius 1 is 1.33 bits per heavy atom. The first-order valence-corrected chi connectivity index (χ1v) is 3.62. The van der Waals surface area contributed by atoms with Crippen molar-refractivity contribution >= 4 is 5.91 Å². The summed E-state index contributed by atoms with van der Waals surface area (Å²) in [5, 5.41) is 9.35. The van der Waals surface area contributed by atoms with Crippen molar-refractivity contribution in [3.8, 4) is 0 Å². The fourth-order valence-electron chi connectivity index (χ4n) is 1.22. The van der Waals surface area contributed by atoms with E-state index in [-0.39, 0.29) is 5.91 Å². The number of carbonyl (C=O) groups is 1. The van der Waals surface area contributed by atoms with Crippen LogP contribution in [0.5, 0.6) is 0 Å². The molecule has 12 heavy (non-hydrogen) atoms. The minimum atomic E-state index is -0.807. The quantitative estimate of drug-likeness (QED) is 0.503. The number of hydrazine groups is 1. The summed E-state index contributed by atoms with van der Waals surface area (Å²) in [5.74, 6) is -0.212. The Morgan fingerprint density at radius 2 is 2.08 bits per heavy atom. The summed E-state index contributed by atoms with van der Waals surface area (Å²) >= 11 is 0. The average molecular weight is 164 g/mol. The van der Waals surface area contributed by atoms with Crippen molar-refractivity contribution in [1.29, 1.82) is 0 Å². The fraction of sp³-hybridized carbons (Fsp3) is 0.125. The van der Waals surface area contributed by atoms with Crippen molar-refractivity contribution < 1.29 is 9.90 Å². The summed E-state index contributed by atoms with van der Waals surface area (Å²) in [6.07, 6.45) is -0.807. The normalized spacial score (nSPS) is 21.4. The number of rotatable bonds is 0. The zero-order valence-electron chi connectivity index (χ0n) is 6.24. The first kappa shape index (κ1) is 7.27. The predicted molar refractivity (Wildman–Crippen MR) is 42.0 cm³/mol. The first-order chi connectivity index (χ1) is 5.79. The van der Waals surface area contributed by atoms with Crippen molar-refractivity contribution in [2.75, 3.05) is 0 Å². The molecule has 1 heterocycles. The van der Waals surface area contributed by atoms with Gasteiger partial charge in [0.2, 0.25) is 0 Å². The summed E-state index contributed by atoms with van der Waals surface area (Å²) in [6, 6.07) is 6.93. The molecule has 1 aliphatic heterocycles. The van der Waals surface area contributed by atoms with E-state index >= 15 is 0 Å². The predicted octanol–water partition coefficient (Wildman–Crippen LogP) is -0.0745. The highest BCUT2D eigenvalue weighted by Gasteiger charge is 2.21. The molecule has 2 rings (SSSR count). The largest absolute Gasteiger partial charge is 0.373 e. The molecule has 4 nitrogen and oxygen atoms in total. The summed E-state index contributed by atoms with van der Waals surface area (Å²) in [7, 11) is 0. The van der Waals surface area contributed by atoms with Crippen LogP contribution in [0.2, 0.25) is 0 Å². The molecular weight excluding hydrogens is 156 g/mol. The zero-order valence-corrected chi connectivity index (χ0v) is 6.24. The van der Waals surface area contributed by atoms with E-state index in [2.05, 4.69) is 10.9 Å². The van der Waals surface area contributed by atoms with Gasteiger partial charge in [0.05, 0.1) is 0 Å². The van der Waals surface area contributed by atoms with E-state index in [9.17, 15) is 9.90 Å². The molecule has 1 aliphatic rings. The van der Waals surface area contributed by atoms with Gasteiger partial charge in [0.15, 0.2) is 0 Å². The van der Waals surface area contributed by atoms with Gasteiger partial charge in [0.25, 0.3) is 5.91 Å². The van der Waals surface area contributed by atoms with Crippen molar-refractivity contribution in [2.24, 2.45) is 0 Å². The molecule has 1 unspecified atom stereocenters. The molecule has 0 fully saturated rings. The van der Waals surface area contributed by atoms with Gasteiger partial charge in [-0.15, -0.1) is 0 Å². The van der Waals surface area contributed by atoms with E-state index in [4.69, 9.17) is 0 Å². The third-order valence-corrected chi connectivity index (χ3v) is 1.82. The third-order valence-electron chi connectivity index (χ3n) is 1.82. The van der Waals surface area contributed by atoms with Gasteiger partial charge in [-0.1, -0.05) is 18.2 Å². The smallest absolute Gasteiger partial charge is 0.265 e. The molecule has 0 aromatic heterocycles. The molecule has 1 atom stereocenters. The number of aliphatic hydroxyl groups excluding tert-OH is 1. The van der Waals surface area contributed by atoms with Crippen LogP contribution in [0.4, 0.5) is 0 Å². The van der Waals surface area contributed by atoms with E-state index in [1.807, 2.05) is 0 Å². The minimum absolute atomic E-state index is 0.212. The van der Waals surface area contributed by atoms with Crippen LogP contribution in [0.25, 0.3) is 0 Å². The molecule has 3 N–H and O–H groups in total. The Kier molecular flexibility index (Phi) is 1.56. The number of hydrogen-bond acceptors (Lipinski definition) is 3. The van der Waals surface area contributed by atoms with E-state index in [1.165, 1.54) is 0 Å². The number of amides is 1. The molecule has 1 aromatic carbocycles. The van der Waals surface area contributed by atoms with Gasteiger partial charge in [-0.05, 0) is 6.07 Å². The first-order valence-electron chi connectivity index (χ1n) is 3.62. The molecule has 1 aromatic rings. The summed E-state index contributed by atoms with van der Waals surface area (Å²) in [6.45, 7) is 0. The SMILES string of the molecule is O=C1NNC(O)c2ccccc21. The van der Waals surface area contributed by atoms with Crippen LogP contribution in [0.1, 0.15) is 22.1 Å². The standard InChI is InChI=1S/C8H8N2O2/c11-7-5-3-1-2-4-6(5)8(12)10-9-7/h1-4,7,9,11H,(H,10,12). The van der Waals surface area contributed by atoms with E-state index in [1.54, 1.807) is 24.3 Å². The Bertz CT molecular complexity index is 325. The number of carbonyl (C=O) groups excluding carboxylic acids is 1. The lowest BCUT2D eigenvalue weighted by Crippen LogP contribution is -2.45. The molecule has 0 saturated carbocycles. The highest BCUT2D eigenvalue weighted by molar-refractivity contribution is 5.96. The van der Waals surface area contributed by atoms with Crippen LogP contribution < -0.4 is 10.9 Å². The van der Waals surface area contributed by atoms with Crippen LogP contribution in [0, 0.1) is 0 Å². The van der Waals surface area contributed by atoms with Gasteiger partial charge in [-0.25, -0.2) is 5.43 Å². The molecular formula is C8H8N2O2. The summed E-state index contributed by atoms with van der Waals surface area (Å²) < 4.78 is 0. The van der Waals surface area contributed by atoms with E-state index in [0.717, 1.165) is 0 Å². The molecule has 1 amide bonds. The molecule has 0 bridgehead atoms. The van der Waals surface area contributed by atoms with Gasteiger partial charge in [0, 0.05) is 11.1 Å². The number of aliphatic hydroxyl groups is 1. The van der Waals surface area contributed by atoms with Gasteiger partial charge in [-0.2, -0.15) is 0 Å². The van der Waals surface area contributed by atoms with Crippen LogP contribution in [-0.4, -0.2) is 11.0 Å². The average Bonchev–Trinajstić information content (AvgIpc) is 2.12. The summed E-state index contributed by atoms with van der Waals surface area (Å²) in [5.41, 5.74) is 5.92. The van der Waals surface area contributed by atoms with Crippen LogP contribution >= 0.6 is 0 Å². The molecule has 0 saturated heterocycles. The Morgan fingerprint density at radius 3 is 2.83 bits per heavy atom. The minimum Gasteiger partial charge on any atom is -0.373 e. The molecule has 62 valence electrons. The highest BCUT2D eigenvalue weighted by atomic mass is 16.3. The number of hydrogen-bond donors (Lipinski definition) is 3. The second kappa shape index (κ2) is 2.58. The van der Waals surface area contributed by atoms with Crippen molar-refractivity contribution in [1.82, 2.24) is 10.9 Å². The monoisotopic (exact) mass is 164 g/mol. The van der Waals surface area contributed by atoms with Crippen LogP contribution in [-0.2, 0) is 0 Å². The number of fused-ring (bicyclic) bond motifs is 1. The number of nitrogens with one attached hydrogen (secondary N) is 2. The van der Waals surface area contributed by atoms with Crippen molar-refractivity contribution in [3.05, 3.63) is 35.4 Å². The number of benzene rings is 1. The van der Waals surface area contributed by atoms with E-state index < -0.39 is 6.23 Å². The van der Waals surface area contributed by atoms with Gasteiger partial charge in [0.1, 0.15) is 6.23 Å². The molecule has 0 radical (unpaired) electrons. The second-order valence-corrected chi connectivity index (χ2v) is 2.59. The Labute approximate surface area is 69.2 Å². The zero-order chi connectivity index (χ0) is 8.55. The van der Waals surface area contributed by atoms with Gasteiger partial charge >= 0.3 is 0 Å².